The van der Waals surface area contributed by atoms with E-state index in [0.29, 0.717) is 12.8 Å². The standard InChI is InChI=1S/C17H25NO4/c1-12(2)17(3,11-16(20)21)18-15(19)10-9-13-7-5-6-8-14(13)22-4/h5-8,12H,9-11H2,1-4H3,(H,18,19)(H,20,21). The Morgan fingerprint density at radius 3 is 2.50 bits per heavy atom. The number of benzene rings is 1. The summed E-state index contributed by atoms with van der Waals surface area (Å²) in [6, 6.07) is 7.56. The Balaban J connectivity index is 2.66. The predicted octanol–water partition coefficient (Wildman–Crippen LogP) is 2.63. The molecule has 2 N–H and O–H groups in total. The summed E-state index contributed by atoms with van der Waals surface area (Å²) in [6.45, 7) is 5.58. The maximum absolute atomic E-state index is 12.2. The van der Waals surface area contributed by atoms with E-state index in [0.717, 1.165) is 11.3 Å². The minimum atomic E-state index is -0.916. The Kier molecular flexibility index (Phi) is 6.40. The molecular formula is C17H25NO4. The van der Waals surface area contributed by atoms with Crippen LogP contribution < -0.4 is 10.1 Å². The molecule has 0 aliphatic heterocycles. The first kappa shape index (κ1) is 18.0. The number of ether oxygens (including phenoxy) is 1. The summed E-state index contributed by atoms with van der Waals surface area (Å²) >= 11 is 0. The van der Waals surface area contributed by atoms with Gasteiger partial charge in [-0.2, -0.15) is 0 Å². The summed E-state index contributed by atoms with van der Waals surface area (Å²) in [6.07, 6.45) is 0.754. The molecule has 0 bridgehead atoms. The van der Waals surface area contributed by atoms with Crippen LogP contribution in [-0.2, 0) is 16.0 Å². The predicted molar refractivity (Wildman–Crippen MR) is 85.0 cm³/mol. The number of hydrogen-bond donors (Lipinski definition) is 2. The van der Waals surface area contributed by atoms with Crippen LogP contribution in [0.3, 0.4) is 0 Å². The molecule has 122 valence electrons. The quantitative estimate of drug-likeness (QED) is 0.774. The van der Waals surface area contributed by atoms with E-state index in [2.05, 4.69) is 5.32 Å². The molecule has 0 fully saturated rings. The molecule has 1 aromatic carbocycles. The molecule has 0 heterocycles. The van der Waals surface area contributed by atoms with E-state index in [1.807, 2.05) is 38.1 Å². The SMILES string of the molecule is COc1ccccc1CCC(=O)NC(C)(CC(=O)O)C(C)C. The second-order valence-corrected chi connectivity index (χ2v) is 6.00. The smallest absolute Gasteiger partial charge is 0.305 e. The molecular weight excluding hydrogens is 282 g/mol. The molecule has 1 rings (SSSR count). The summed E-state index contributed by atoms with van der Waals surface area (Å²) in [5, 5.41) is 11.9. The molecule has 5 heteroatoms. The molecule has 1 aromatic rings. The van der Waals surface area contributed by atoms with Crippen molar-refractivity contribution >= 4 is 11.9 Å². The fourth-order valence-electron chi connectivity index (χ4n) is 2.25. The zero-order chi connectivity index (χ0) is 16.8. The summed E-state index contributed by atoms with van der Waals surface area (Å²) in [5.41, 5.74) is 0.216. The van der Waals surface area contributed by atoms with Gasteiger partial charge in [0, 0.05) is 12.0 Å². The topological polar surface area (TPSA) is 75.6 Å². The fourth-order valence-corrected chi connectivity index (χ4v) is 2.25. The number of carboxylic acid groups (broad SMARTS) is 1. The minimum Gasteiger partial charge on any atom is -0.496 e. The first-order valence-corrected chi connectivity index (χ1v) is 7.43. The van der Waals surface area contributed by atoms with Gasteiger partial charge in [-0.3, -0.25) is 9.59 Å². The monoisotopic (exact) mass is 307 g/mol. The van der Waals surface area contributed by atoms with Gasteiger partial charge in [-0.1, -0.05) is 32.0 Å². The van der Waals surface area contributed by atoms with Crippen molar-refractivity contribution in [1.82, 2.24) is 5.32 Å². The van der Waals surface area contributed by atoms with E-state index in [-0.39, 0.29) is 18.2 Å². The van der Waals surface area contributed by atoms with Gasteiger partial charge in [0.05, 0.1) is 13.5 Å². The average Bonchev–Trinajstić information content (AvgIpc) is 2.44. The van der Waals surface area contributed by atoms with Crippen LogP contribution in [0.4, 0.5) is 0 Å². The highest BCUT2D eigenvalue weighted by molar-refractivity contribution is 5.78. The van der Waals surface area contributed by atoms with Crippen LogP contribution in [0.2, 0.25) is 0 Å². The van der Waals surface area contributed by atoms with Gasteiger partial charge in [0.2, 0.25) is 5.91 Å². The van der Waals surface area contributed by atoms with Crippen LogP contribution in [0.1, 0.15) is 39.2 Å². The van der Waals surface area contributed by atoms with Crippen LogP contribution in [0.5, 0.6) is 5.75 Å². The number of carbonyl (C=O) groups excluding carboxylic acids is 1. The number of rotatable bonds is 8. The van der Waals surface area contributed by atoms with Crippen molar-refractivity contribution in [1.29, 1.82) is 0 Å². The zero-order valence-electron chi connectivity index (χ0n) is 13.7. The number of carbonyl (C=O) groups is 2. The molecule has 0 aliphatic carbocycles. The lowest BCUT2D eigenvalue weighted by atomic mass is 9.85. The molecule has 0 saturated heterocycles. The first-order chi connectivity index (χ1) is 10.3. The Morgan fingerprint density at radius 2 is 1.95 bits per heavy atom. The van der Waals surface area contributed by atoms with Crippen molar-refractivity contribution in [2.24, 2.45) is 5.92 Å². The van der Waals surface area contributed by atoms with E-state index in [1.54, 1.807) is 14.0 Å². The van der Waals surface area contributed by atoms with Crippen molar-refractivity contribution in [3.05, 3.63) is 29.8 Å². The highest BCUT2D eigenvalue weighted by Gasteiger charge is 2.32. The van der Waals surface area contributed by atoms with E-state index in [1.165, 1.54) is 0 Å². The molecule has 1 atom stereocenters. The van der Waals surface area contributed by atoms with Crippen molar-refractivity contribution < 1.29 is 19.4 Å². The number of carboxylic acids is 1. The molecule has 0 spiro atoms. The number of aryl methyl sites for hydroxylation is 1. The average molecular weight is 307 g/mol. The van der Waals surface area contributed by atoms with Crippen molar-refractivity contribution in [2.75, 3.05) is 7.11 Å². The van der Waals surface area contributed by atoms with Crippen LogP contribution in [0.15, 0.2) is 24.3 Å². The third kappa shape index (κ3) is 5.06. The molecule has 1 amide bonds. The fraction of sp³-hybridized carbons (Fsp3) is 0.529. The molecule has 0 aromatic heterocycles. The van der Waals surface area contributed by atoms with E-state index in [4.69, 9.17) is 9.84 Å². The molecule has 0 radical (unpaired) electrons. The molecule has 5 nitrogen and oxygen atoms in total. The number of para-hydroxylation sites is 1. The van der Waals surface area contributed by atoms with E-state index in [9.17, 15) is 9.59 Å². The summed E-state index contributed by atoms with van der Waals surface area (Å²) in [7, 11) is 1.60. The maximum Gasteiger partial charge on any atom is 0.305 e. The molecule has 0 aliphatic rings. The number of hydrogen-bond acceptors (Lipinski definition) is 3. The number of methoxy groups -OCH3 is 1. The lowest BCUT2D eigenvalue weighted by Crippen LogP contribution is -2.51. The highest BCUT2D eigenvalue weighted by Crippen LogP contribution is 2.22. The molecule has 0 saturated carbocycles. The summed E-state index contributed by atoms with van der Waals surface area (Å²) < 4.78 is 5.26. The normalized spacial score (nSPS) is 13.5. The van der Waals surface area contributed by atoms with E-state index < -0.39 is 11.5 Å². The van der Waals surface area contributed by atoms with Gasteiger partial charge in [-0.05, 0) is 30.9 Å². The number of amides is 1. The summed E-state index contributed by atoms with van der Waals surface area (Å²) in [4.78, 5) is 23.2. The summed E-state index contributed by atoms with van der Waals surface area (Å²) in [5.74, 6) is -0.282. The van der Waals surface area contributed by atoms with Gasteiger partial charge >= 0.3 is 5.97 Å². The third-order valence-corrected chi connectivity index (χ3v) is 4.03. The van der Waals surface area contributed by atoms with Gasteiger partial charge in [-0.25, -0.2) is 0 Å². The van der Waals surface area contributed by atoms with E-state index >= 15 is 0 Å². The van der Waals surface area contributed by atoms with Gasteiger partial charge in [0.25, 0.3) is 0 Å². The van der Waals surface area contributed by atoms with Crippen LogP contribution in [-0.4, -0.2) is 29.6 Å². The lowest BCUT2D eigenvalue weighted by Gasteiger charge is -2.33. The number of aliphatic carboxylic acids is 1. The Hall–Kier alpha value is -2.04. The molecule has 22 heavy (non-hydrogen) atoms. The largest absolute Gasteiger partial charge is 0.496 e. The molecule has 1 unspecified atom stereocenters. The zero-order valence-corrected chi connectivity index (χ0v) is 13.7. The maximum atomic E-state index is 12.2. The van der Waals surface area contributed by atoms with Crippen molar-refractivity contribution in [3.63, 3.8) is 0 Å². The lowest BCUT2D eigenvalue weighted by molar-refractivity contribution is -0.139. The van der Waals surface area contributed by atoms with Gasteiger partial charge in [0.15, 0.2) is 0 Å². The Labute approximate surface area is 131 Å². The van der Waals surface area contributed by atoms with Crippen LogP contribution in [0.25, 0.3) is 0 Å². The van der Waals surface area contributed by atoms with Crippen LogP contribution >= 0.6 is 0 Å². The highest BCUT2D eigenvalue weighted by atomic mass is 16.5. The van der Waals surface area contributed by atoms with Crippen molar-refractivity contribution in [3.8, 4) is 5.75 Å². The Morgan fingerprint density at radius 1 is 1.32 bits per heavy atom. The van der Waals surface area contributed by atoms with Gasteiger partial charge in [0.1, 0.15) is 5.75 Å². The van der Waals surface area contributed by atoms with Crippen molar-refractivity contribution in [2.45, 2.75) is 45.6 Å². The second-order valence-electron chi connectivity index (χ2n) is 6.00. The van der Waals surface area contributed by atoms with Crippen LogP contribution in [0, 0.1) is 5.92 Å². The second kappa shape index (κ2) is 7.82. The van der Waals surface area contributed by atoms with Gasteiger partial charge < -0.3 is 15.2 Å². The number of nitrogens with one attached hydrogen (secondary N) is 1. The third-order valence-electron chi connectivity index (χ3n) is 4.03. The Bertz CT molecular complexity index is 527. The minimum absolute atomic E-state index is 0.0267. The van der Waals surface area contributed by atoms with Gasteiger partial charge in [-0.15, -0.1) is 0 Å². The first-order valence-electron chi connectivity index (χ1n) is 7.43.